The van der Waals surface area contributed by atoms with Gasteiger partial charge in [0.05, 0.1) is 20.4 Å². The molecule has 0 aliphatic carbocycles. The monoisotopic (exact) mass is 618 g/mol. The third-order valence-electron chi connectivity index (χ3n) is 7.34. The fraction of sp³-hybridized carbons (Fsp3) is 0.171. The highest BCUT2D eigenvalue weighted by atomic mass is 16.5. The van der Waals surface area contributed by atoms with Crippen LogP contribution in [0, 0.1) is 0 Å². The Morgan fingerprint density at radius 3 is 2.09 bits per heavy atom. The van der Waals surface area contributed by atoms with Crippen LogP contribution in [0.4, 0.5) is 11.4 Å². The van der Waals surface area contributed by atoms with Crippen LogP contribution in [0.15, 0.2) is 109 Å². The van der Waals surface area contributed by atoms with Gasteiger partial charge in [-0.15, -0.1) is 5.10 Å². The van der Waals surface area contributed by atoms with E-state index in [1.54, 1.807) is 88.1 Å². The van der Waals surface area contributed by atoms with Gasteiger partial charge in [-0.3, -0.25) is 14.4 Å². The van der Waals surface area contributed by atoms with Gasteiger partial charge in [0.2, 0.25) is 11.8 Å². The summed E-state index contributed by atoms with van der Waals surface area (Å²) in [6, 6.07) is 29.8. The summed E-state index contributed by atoms with van der Waals surface area (Å²) in [5, 5.41) is 14.1. The van der Waals surface area contributed by atoms with Crippen LogP contribution in [0.1, 0.15) is 15.9 Å². The number of benzene rings is 4. The van der Waals surface area contributed by atoms with Crippen molar-refractivity contribution in [3.05, 3.63) is 120 Å². The van der Waals surface area contributed by atoms with Crippen LogP contribution < -0.4 is 25.0 Å². The van der Waals surface area contributed by atoms with Crippen molar-refractivity contribution >= 4 is 29.1 Å². The number of carbonyl (C=O) groups is 3. The standard InChI is InChI=1S/C35H34N6O5/c1-40(28-15-19-30(46-3)20-16-28)35(44)31(21-24-7-5-4-6-8-24)37-33(42)23-41-22-32(38-39-41)25-9-13-27(14-10-25)36-34(43)26-11-17-29(45-2)18-12-26/h4-20,22,31H,21,23H2,1-3H3,(H,36,43)(H,37,42)/t31-/m0/s1. The van der Waals surface area contributed by atoms with Crippen molar-refractivity contribution in [2.45, 2.75) is 19.0 Å². The second-order valence-electron chi connectivity index (χ2n) is 10.5. The molecule has 1 atom stereocenters. The lowest BCUT2D eigenvalue weighted by molar-refractivity contribution is -0.127. The van der Waals surface area contributed by atoms with Gasteiger partial charge in [-0.05, 0) is 66.2 Å². The van der Waals surface area contributed by atoms with Crippen LogP contribution >= 0.6 is 0 Å². The van der Waals surface area contributed by atoms with Crippen LogP contribution in [0.5, 0.6) is 11.5 Å². The minimum absolute atomic E-state index is 0.131. The number of ether oxygens (including phenoxy) is 2. The lowest BCUT2D eigenvalue weighted by Crippen LogP contribution is -2.49. The van der Waals surface area contributed by atoms with Crippen LogP contribution in [0.2, 0.25) is 0 Å². The predicted octanol–water partition coefficient (Wildman–Crippen LogP) is 4.61. The summed E-state index contributed by atoms with van der Waals surface area (Å²) in [4.78, 5) is 40.9. The molecule has 1 heterocycles. The van der Waals surface area contributed by atoms with E-state index in [2.05, 4.69) is 20.9 Å². The summed E-state index contributed by atoms with van der Waals surface area (Å²) in [5.74, 6) is 0.459. The first kappa shape index (κ1) is 31.5. The SMILES string of the molecule is COc1ccc(C(=O)Nc2ccc(-c3cn(CC(=O)N[C@@H](Cc4ccccc4)C(=O)N(C)c4ccc(OC)cc4)nn3)cc2)cc1. The first-order valence-electron chi connectivity index (χ1n) is 14.5. The van der Waals surface area contributed by atoms with Crippen molar-refractivity contribution in [3.63, 3.8) is 0 Å². The van der Waals surface area contributed by atoms with Gasteiger partial charge < -0.3 is 25.0 Å². The Balaban J connectivity index is 1.22. The minimum atomic E-state index is -0.814. The number of carbonyl (C=O) groups excluding carboxylic acids is 3. The average Bonchev–Trinajstić information content (AvgIpc) is 3.56. The number of methoxy groups -OCH3 is 2. The molecule has 3 amide bonds. The first-order chi connectivity index (χ1) is 22.3. The fourth-order valence-corrected chi connectivity index (χ4v) is 4.78. The highest BCUT2D eigenvalue weighted by Gasteiger charge is 2.26. The van der Waals surface area contributed by atoms with Crippen molar-refractivity contribution in [2.75, 3.05) is 31.5 Å². The Hall–Kier alpha value is -5.97. The molecule has 1 aromatic heterocycles. The van der Waals surface area contributed by atoms with Crippen molar-refractivity contribution in [1.82, 2.24) is 20.3 Å². The number of rotatable bonds is 12. The van der Waals surface area contributed by atoms with E-state index in [0.29, 0.717) is 40.6 Å². The van der Waals surface area contributed by atoms with E-state index in [9.17, 15) is 14.4 Å². The van der Waals surface area contributed by atoms with Crippen LogP contribution in [-0.4, -0.2) is 60.0 Å². The maximum atomic E-state index is 13.6. The van der Waals surface area contributed by atoms with Crippen molar-refractivity contribution in [1.29, 1.82) is 0 Å². The Bertz CT molecular complexity index is 1770. The van der Waals surface area contributed by atoms with E-state index in [1.165, 1.54) is 9.58 Å². The molecule has 46 heavy (non-hydrogen) atoms. The molecule has 234 valence electrons. The number of nitrogens with zero attached hydrogens (tertiary/aromatic N) is 4. The highest BCUT2D eigenvalue weighted by molar-refractivity contribution is 6.04. The summed E-state index contributed by atoms with van der Waals surface area (Å²) >= 11 is 0. The van der Waals surface area contributed by atoms with E-state index in [0.717, 1.165) is 11.1 Å². The molecule has 5 aromatic rings. The smallest absolute Gasteiger partial charge is 0.255 e. The zero-order valence-electron chi connectivity index (χ0n) is 25.7. The van der Waals surface area contributed by atoms with Crippen LogP contribution in [0.3, 0.4) is 0 Å². The zero-order chi connectivity index (χ0) is 32.5. The van der Waals surface area contributed by atoms with Gasteiger partial charge in [0.25, 0.3) is 5.91 Å². The van der Waals surface area contributed by atoms with E-state index < -0.39 is 6.04 Å². The van der Waals surface area contributed by atoms with Crippen molar-refractivity contribution in [2.24, 2.45) is 0 Å². The third kappa shape index (κ3) is 7.94. The Kier molecular flexibility index (Phi) is 10.0. The number of aromatic nitrogens is 3. The number of hydrogen-bond acceptors (Lipinski definition) is 7. The molecule has 0 bridgehead atoms. The van der Waals surface area contributed by atoms with Crippen LogP contribution in [0.25, 0.3) is 11.3 Å². The van der Waals surface area contributed by atoms with Gasteiger partial charge in [0.1, 0.15) is 29.8 Å². The molecule has 0 saturated heterocycles. The zero-order valence-corrected chi connectivity index (χ0v) is 25.7. The molecule has 0 aliphatic rings. The molecule has 0 spiro atoms. The molecule has 0 aliphatic heterocycles. The van der Waals surface area contributed by atoms with E-state index in [4.69, 9.17) is 9.47 Å². The molecule has 11 heteroatoms. The van der Waals surface area contributed by atoms with Gasteiger partial charge >= 0.3 is 0 Å². The van der Waals surface area contributed by atoms with Crippen molar-refractivity contribution in [3.8, 4) is 22.8 Å². The number of nitrogens with one attached hydrogen (secondary N) is 2. The summed E-state index contributed by atoms with van der Waals surface area (Å²) in [6.45, 7) is -0.131. The predicted molar refractivity (Wildman–Crippen MR) is 175 cm³/mol. The van der Waals surface area contributed by atoms with E-state index >= 15 is 0 Å². The average molecular weight is 619 g/mol. The van der Waals surface area contributed by atoms with Crippen LogP contribution in [-0.2, 0) is 22.6 Å². The first-order valence-corrected chi connectivity index (χ1v) is 14.5. The summed E-state index contributed by atoms with van der Waals surface area (Å²) < 4.78 is 11.8. The van der Waals surface area contributed by atoms with Gasteiger partial charge in [-0.1, -0.05) is 47.7 Å². The molecule has 4 aromatic carbocycles. The summed E-state index contributed by atoms with van der Waals surface area (Å²) in [6.07, 6.45) is 1.97. The second-order valence-corrected chi connectivity index (χ2v) is 10.5. The molecular weight excluding hydrogens is 584 g/mol. The molecule has 0 saturated carbocycles. The second kappa shape index (κ2) is 14.7. The van der Waals surface area contributed by atoms with Gasteiger partial charge in [-0.2, -0.15) is 0 Å². The molecule has 0 radical (unpaired) electrons. The quantitative estimate of drug-likeness (QED) is 0.209. The summed E-state index contributed by atoms with van der Waals surface area (Å²) in [5.41, 5.74) is 4.02. The normalized spacial score (nSPS) is 11.3. The Morgan fingerprint density at radius 2 is 1.46 bits per heavy atom. The lowest BCUT2D eigenvalue weighted by Gasteiger charge is -2.25. The topological polar surface area (TPSA) is 128 Å². The summed E-state index contributed by atoms with van der Waals surface area (Å²) in [7, 11) is 4.82. The van der Waals surface area contributed by atoms with Crippen molar-refractivity contribution < 1.29 is 23.9 Å². The number of hydrogen-bond donors (Lipinski definition) is 2. The number of likely N-dealkylation sites (N-methyl/N-ethyl adjacent to an activating group) is 1. The largest absolute Gasteiger partial charge is 0.497 e. The van der Waals surface area contributed by atoms with E-state index in [1.807, 2.05) is 42.5 Å². The van der Waals surface area contributed by atoms with E-state index in [-0.39, 0.29) is 24.3 Å². The maximum Gasteiger partial charge on any atom is 0.255 e. The molecule has 11 nitrogen and oxygen atoms in total. The van der Waals surface area contributed by atoms with Gasteiger partial charge in [-0.25, -0.2) is 4.68 Å². The number of anilines is 2. The molecule has 0 unspecified atom stereocenters. The third-order valence-corrected chi connectivity index (χ3v) is 7.34. The minimum Gasteiger partial charge on any atom is -0.497 e. The fourth-order valence-electron chi connectivity index (χ4n) is 4.78. The molecule has 2 N–H and O–H groups in total. The number of amides is 3. The Labute approximate surface area is 266 Å². The molecule has 0 fully saturated rings. The van der Waals surface area contributed by atoms with Gasteiger partial charge in [0, 0.05) is 36.0 Å². The highest BCUT2D eigenvalue weighted by Crippen LogP contribution is 2.21. The lowest BCUT2D eigenvalue weighted by atomic mass is 10.0. The molecule has 5 rings (SSSR count). The molecular formula is C35H34N6O5. The van der Waals surface area contributed by atoms with Gasteiger partial charge in [0.15, 0.2) is 0 Å². The maximum absolute atomic E-state index is 13.6. The Morgan fingerprint density at radius 1 is 0.826 bits per heavy atom.